The highest BCUT2D eigenvalue weighted by atomic mass is 79.9. The Morgan fingerprint density at radius 2 is 1.73 bits per heavy atom. The second-order valence-electron chi connectivity index (χ2n) is 3.03. The largest absolute Gasteiger partial charge is 0.493 e. The molecule has 3 nitrogen and oxygen atoms in total. The van der Waals surface area contributed by atoms with Crippen molar-refractivity contribution in [2.75, 3.05) is 14.2 Å². The summed E-state index contributed by atoms with van der Waals surface area (Å²) in [7, 11) is 3.23. The van der Waals surface area contributed by atoms with E-state index in [-0.39, 0.29) is 0 Å². The Labute approximate surface area is 96.2 Å². The minimum Gasteiger partial charge on any atom is -0.493 e. The molecule has 4 heteroatoms. The SMILES string of the molecule is COc1cc2ccc(Br)nc2cc1OC. The van der Waals surface area contributed by atoms with Crippen molar-refractivity contribution < 1.29 is 9.47 Å². The fraction of sp³-hybridized carbons (Fsp3) is 0.182. The van der Waals surface area contributed by atoms with E-state index in [1.807, 2.05) is 24.3 Å². The molecule has 0 saturated heterocycles. The van der Waals surface area contributed by atoms with Crippen molar-refractivity contribution in [3.63, 3.8) is 0 Å². The van der Waals surface area contributed by atoms with Gasteiger partial charge in [-0.2, -0.15) is 0 Å². The first-order valence-electron chi connectivity index (χ1n) is 4.43. The van der Waals surface area contributed by atoms with Gasteiger partial charge in [-0.25, -0.2) is 4.98 Å². The van der Waals surface area contributed by atoms with Gasteiger partial charge in [0, 0.05) is 11.5 Å². The van der Waals surface area contributed by atoms with Crippen LogP contribution in [0.25, 0.3) is 10.9 Å². The number of pyridine rings is 1. The van der Waals surface area contributed by atoms with Gasteiger partial charge in [-0.05, 0) is 34.1 Å². The number of aromatic nitrogens is 1. The Balaban J connectivity index is 2.69. The molecular weight excluding hydrogens is 258 g/mol. The van der Waals surface area contributed by atoms with E-state index in [4.69, 9.17) is 9.47 Å². The molecule has 0 spiro atoms. The summed E-state index contributed by atoms with van der Waals surface area (Å²) >= 11 is 3.33. The molecule has 1 aromatic heterocycles. The first kappa shape index (κ1) is 10.2. The molecule has 0 unspecified atom stereocenters. The molecule has 0 aliphatic heterocycles. The number of methoxy groups -OCH3 is 2. The van der Waals surface area contributed by atoms with E-state index >= 15 is 0 Å². The highest BCUT2D eigenvalue weighted by Crippen LogP contribution is 2.31. The molecule has 0 fully saturated rings. The normalized spacial score (nSPS) is 10.3. The molecule has 0 aliphatic rings. The van der Waals surface area contributed by atoms with Crippen molar-refractivity contribution in [3.05, 3.63) is 28.9 Å². The van der Waals surface area contributed by atoms with Crippen LogP contribution in [0.3, 0.4) is 0 Å². The summed E-state index contributed by atoms with van der Waals surface area (Å²) in [5, 5.41) is 1.02. The van der Waals surface area contributed by atoms with Gasteiger partial charge in [0.05, 0.1) is 19.7 Å². The average Bonchev–Trinajstić information content (AvgIpc) is 2.27. The van der Waals surface area contributed by atoms with Crippen LogP contribution in [0.15, 0.2) is 28.9 Å². The van der Waals surface area contributed by atoms with Gasteiger partial charge in [-0.15, -0.1) is 0 Å². The van der Waals surface area contributed by atoms with Crippen LogP contribution in [0.1, 0.15) is 0 Å². The second-order valence-corrected chi connectivity index (χ2v) is 3.85. The van der Waals surface area contributed by atoms with Gasteiger partial charge in [0.2, 0.25) is 0 Å². The van der Waals surface area contributed by atoms with Gasteiger partial charge in [-0.1, -0.05) is 0 Å². The summed E-state index contributed by atoms with van der Waals surface area (Å²) in [6, 6.07) is 7.65. The number of ether oxygens (including phenoxy) is 2. The van der Waals surface area contributed by atoms with E-state index in [9.17, 15) is 0 Å². The van der Waals surface area contributed by atoms with Gasteiger partial charge in [0.15, 0.2) is 11.5 Å². The highest BCUT2D eigenvalue weighted by Gasteiger charge is 2.06. The van der Waals surface area contributed by atoms with Crippen molar-refractivity contribution >= 4 is 26.8 Å². The smallest absolute Gasteiger partial charge is 0.162 e. The number of halogens is 1. The summed E-state index contributed by atoms with van der Waals surface area (Å²) < 4.78 is 11.2. The van der Waals surface area contributed by atoms with E-state index in [1.54, 1.807) is 14.2 Å². The van der Waals surface area contributed by atoms with Crippen LogP contribution < -0.4 is 9.47 Å². The van der Waals surface area contributed by atoms with Gasteiger partial charge < -0.3 is 9.47 Å². The Bertz CT molecular complexity index is 499. The van der Waals surface area contributed by atoms with Crippen LogP contribution in [0.4, 0.5) is 0 Å². The quantitative estimate of drug-likeness (QED) is 0.784. The second kappa shape index (κ2) is 4.06. The molecule has 0 amide bonds. The zero-order chi connectivity index (χ0) is 10.8. The van der Waals surface area contributed by atoms with Gasteiger partial charge in [0.25, 0.3) is 0 Å². The third-order valence-corrected chi connectivity index (χ3v) is 2.60. The van der Waals surface area contributed by atoms with Crippen molar-refractivity contribution in [2.24, 2.45) is 0 Å². The van der Waals surface area contributed by atoms with Crippen LogP contribution >= 0.6 is 15.9 Å². The molecule has 0 aliphatic carbocycles. The molecule has 78 valence electrons. The highest BCUT2D eigenvalue weighted by molar-refractivity contribution is 9.10. The van der Waals surface area contributed by atoms with Crippen LogP contribution in [0.5, 0.6) is 11.5 Å². The topological polar surface area (TPSA) is 31.4 Å². The molecule has 1 heterocycles. The van der Waals surface area contributed by atoms with Crippen molar-refractivity contribution in [2.45, 2.75) is 0 Å². The lowest BCUT2D eigenvalue weighted by Crippen LogP contribution is -1.91. The monoisotopic (exact) mass is 267 g/mol. The fourth-order valence-corrected chi connectivity index (χ4v) is 1.75. The van der Waals surface area contributed by atoms with E-state index in [0.29, 0.717) is 11.5 Å². The molecule has 2 aromatic rings. The Hall–Kier alpha value is -1.29. The molecule has 0 radical (unpaired) electrons. The lowest BCUT2D eigenvalue weighted by Gasteiger charge is -2.08. The Morgan fingerprint density at radius 1 is 1.07 bits per heavy atom. The lowest BCUT2D eigenvalue weighted by molar-refractivity contribution is 0.356. The summed E-state index contributed by atoms with van der Waals surface area (Å²) in [6.45, 7) is 0. The summed E-state index contributed by atoms with van der Waals surface area (Å²) in [6.07, 6.45) is 0. The van der Waals surface area contributed by atoms with E-state index in [2.05, 4.69) is 20.9 Å². The molecule has 0 saturated carbocycles. The number of hydrogen-bond acceptors (Lipinski definition) is 3. The molecule has 2 rings (SSSR count). The zero-order valence-corrected chi connectivity index (χ0v) is 10.0. The predicted octanol–water partition coefficient (Wildman–Crippen LogP) is 3.01. The maximum atomic E-state index is 5.21. The first-order valence-corrected chi connectivity index (χ1v) is 5.22. The van der Waals surface area contributed by atoms with E-state index in [0.717, 1.165) is 15.5 Å². The van der Waals surface area contributed by atoms with Crippen LogP contribution in [0, 0.1) is 0 Å². The number of nitrogens with zero attached hydrogens (tertiary/aromatic N) is 1. The zero-order valence-electron chi connectivity index (χ0n) is 8.45. The molecule has 15 heavy (non-hydrogen) atoms. The minimum absolute atomic E-state index is 0.690. The summed E-state index contributed by atoms with van der Waals surface area (Å²) in [5.74, 6) is 1.41. The molecule has 0 bridgehead atoms. The van der Waals surface area contributed by atoms with Crippen LogP contribution in [0.2, 0.25) is 0 Å². The third-order valence-electron chi connectivity index (χ3n) is 2.16. The van der Waals surface area contributed by atoms with Crippen molar-refractivity contribution in [1.29, 1.82) is 0 Å². The van der Waals surface area contributed by atoms with Crippen molar-refractivity contribution in [3.8, 4) is 11.5 Å². The number of fused-ring (bicyclic) bond motifs is 1. The number of benzene rings is 1. The van der Waals surface area contributed by atoms with Crippen LogP contribution in [-0.2, 0) is 0 Å². The van der Waals surface area contributed by atoms with Crippen molar-refractivity contribution in [1.82, 2.24) is 4.98 Å². The minimum atomic E-state index is 0.690. The first-order chi connectivity index (χ1) is 7.24. The maximum Gasteiger partial charge on any atom is 0.162 e. The lowest BCUT2D eigenvalue weighted by atomic mass is 10.2. The third kappa shape index (κ3) is 1.90. The van der Waals surface area contributed by atoms with Gasteiger partial charge >= 0.3 is 0 Å². The number of rotatable bonds is 2. The Kier molecular flexibility index (Phi) is 2.77. The van der Waals surface area contributed by atoms with Gasteiger partial charge in [0.1, 0.15) is 4.60 Å². The molecule has 1 aromatic carbocycles. The molecule has 0 atom stereocenters. The standard InChI is InChI=1S/C11H10BrNO2/c1-14-9-5-7-3-4-11(12)13-8(7)6-10(9)15-2/h3-6H,1-2H3. The van der Waals surface area contributed by atoms with E-state index < -0.39 is 0 Å². The average molecular weight is 268 g/mol. The van der Waals surface area contributed by atoms with Crippen LogP contribution in [-0.4, -0.2) is 19.2 Å². The molecule has 0 N–H and O–H groups in total. The summed E-state index contributed by atoms with van der Waals surface area (Å²) in [5.41, 5.74) is 0.877. The molecular formula is C11H10BrNO2. The summed E-state index contributed by atoms with van der Waals surface area (Å²) in [4.78, 5) is 4.34. The fourth-order valence-electron chi connectivity index (χ4n) is 1.43. The predicted molar refractivity (Wildman–Crippen MR) is 62.5 cm³/mol. The van der Waals surface area contributed by atoms with Gasteiger partial charge in [-0.3, -0.25) is 0 Å². The van der Waals surface area contributed by atoms with E-state index in [1.165, 1.54) is 0 Å². The number of hydrogen-bond donors (Lipinski definition) is 0. The maximum absolute atomic E-state index is 5.21. The Morgan fingerprint density at radius 3 is 2.40 bits per heavy atom.